The van der Waals surface area contributed by atoms with E-state index in [4.69, 9.17) is 4.74 Å². The van der Waals surface area contributed by atoms with Crippen molar-refractivity contribution in [3.63, 3.8) is 0 Å². The fourth-order valence-corrected chi connectivity index (χ4v) is 10.7. The van der Waals surface area contributed by atoms with Gasteiger partial charge in [-0.3, -0.25) is 34.3 Å². The van der Waals surface area contributed by atoms with Crippen molar-refractivity contribution >= 4 is 35.1 Å². The number of anilines is 2. The molecule has 3 aromatic carbocycles. The molecule has 3 N–H and O–H groups in total. The number of benzene rings is 3. The number of likely N-dealkylation sites (tertiary alicyclic amines) is 1. The van der Waals surface area contributed by atoms with Gasteiger partial charge in [0.25, 0.3) is 17.4 Å². The Bertz CT molecular complexity index is 2540. The Morgan fingerprint density at radius 1 is 0.818 bits per heavy atom. The molecule has 5 aliphatic heterocycles. The van der Waals surface area contributed by atoms with E-state index < -0.39 is 6.03 Å². The summed E-state index contributed by atoms with van der Waals surface area (Å²) in [7, 11) is 0. The van der Waals surface area contributed by atoms with Gasteiger partial charge in [0.2, 0.25) is 5.91 Å². The molecule has 66 heavy (non-hydrogen) atoms. The molecule has 9 rings (SSSR count). The van der Waals surface area contributed by atoms with Crippen LogP contribution in [0.4, 0.5) is 16.2 Å². The first-order chi connectivity index (χ1) is 31.9. The van der Waals surface area contributed by atoms with E-state index in [1.165, 1.54) is 15.7 Å². The number of hydrogen-bond acceptors (Lipinski definition) is 10. The van der Waals surface area contributed by atoms with Crippen LogP contribution >= 0.6 is 0 Å². The van der Waals surface area contributed by atoms with Crippen LogP contribution in [-0.2, 0) is 29.2 Å². The average Bonchev–Trinajstić information content (AvgIpc) is 3.64. The molecular weight excluding hydrogens is 835 g/mol. The number of fused-ring (bicyclic) bond motifs is 1. The molecule has 15 nitrogen and oxygen atoms in total. The highest BCUT2D eigenvalue weighted by Crippen LogP contribution is 2.35. The van der Waals surface area contributed by atoms with Gasteiger partial charge in [-0.15, -0.1) is 0 Å². The van der Waals surface area contributed by atoms with Crippen LogP contribution in [0.25, 0.3) is 11.1 Å². The normalized spacial score (nSPS) is 19.0. The minimum Gasteiger partial charge on any atom is -0.381 e. The van der Waals surface area contributed by atoms with E-state index in [2.05, 4.69) is 78.5 Å². The largest absolute Gasteiger partial charge is 0.381 e. The Morgan fingerprint density at radius 2 is 1.56 bits per heavy atom. The van der Waals surface area contributed by atoms with Crippen molar-refractivity contribution in [2.45, 2.75) is 91.5 Å². The van der Waals surface area contributed by atoms with Crippen molar-refractivity contribution in [3.05, 3.63) is 116 Å². The lowest BCUT2D eigenvalue weighted by atomic mass is 9.95. The van der Waals surface area contributed by atoms with Gasteiger partial charge in [-0.2, -0.15) is 0 Å². The average molecular weight is 898 g/mol. The summed E-state index contributed by atoms with van der Waals surface area (Å²) in [6.45, 7) is 17.7. The molecule has 1 aromatic heterocycles. The maximum absolute atomic E-state index is 14.0. The Kier molecular flexibility index (Phi) is 13.3. The number of rotatable bonds is 12. The van der Waals surface area contributed by atoms with Crippen molar-refractivity contribution in [2.75, 3.05) is 75.4 Å². The highest BCUT2D eigenvalue weighted by molar-refractivity contribution is 6.02. The smallest absolute Gasteiger partial charge is 0.342 e. The van der Waals surface area contributed by atoms with Crippen molar-refractivity contribution in [1.82, 2.24) is 35.4 Å². The van der Waals surface area contributed by atoms with Crippen molar-refractivity contribution in [1.29, 1.82) is 0 Å². The lowest BCUT2D eigenvalue weighted by Gasteiger charge is -2.43. The van der Waals surface area contributed by atoms with E-state index in [1.54, 1.807) is 0 Å². The summed E-state index contributed by atoms with van der Waals surface area (Å²) in [5.74, 6) is -0.722. The maximum Gasteiger partial charge on any atom is 0.342 e. The molecule has 0 aliphatic carbocycles. The van der Waals surface area contributed by atoms with E-state index in [9.17, 15) is 24.0 Å². The molecule has 0 radical (unpaired) electrons. The maximum atomic E-state index is 14.0. The quantitative estimate of drug-likeness (QED) is 0.166. The van der Waals surface area contributed by atoms with Gasteiger partial charge in [0.1, 0.15) is 0 Å². The summed E-state index contributed by atoms with van der Waals surface area (Å²) in [6.07, 6.45) is 4.28. The molecule has 0 unspecified atom stereocenters. The number of amides is 5. The molecule has 4 saturated heterocycles. The molecule has 5 amide bonds. The SMILES string of the molecule is CCN(c1cc(-c2ccc(N3CCN(C4CCN(Cc5ccc6c(c5)CN(N5CCC(=O)NC5=O)C6=O)CC4)CC3)cc2)cc(C(=O)NCc2c(C)cc(C)[nH]c2=O)c1C)C1CCOCC1. The van der Waals surface area contributed by atoms with Crippen LogP contribution in [0.3, 0.4) is 0 Å². The molecule has 348 valence electrons. The summed E-state index contributed by atoms with van der Waals surface area (Å²) in [4.78, 5) is 77.0. The Balaban J connectivity index is 0.813. The zero-order valence-corrected chi connectivity index (χ0v) is 38.8. The summed E-state index contributed by atoms with van der Waals surface area (Å²) < 4.78 is 5.72. The second-order valence-corrected chi connectivity index (χ2v) is 18.6. The van der Waals surface area contributed by atoms with E-state index in [-0.39, 0.29) is 42.8 Å². The number of aryl methyl sites for hydroxylation is 2. The molecule has 6 heterocycles. The number of nitrogens with one attached hydrogen (secondary N) is 3. The molecule has 4 aromatic rings. The number of hydrazine groups is 1. The predicted molar refractivity (Wildman–Crippen MR) is 254 cm³/mol. The number of pyridine rings is 1. The van der Waals surface area contributed by atoms with Crippen molar-refractivity contribution in [2.24, 2.45) is 0 Å². The summed E-state index contributed by atoms with van der Waals surface area (Å²) in [6, 6.07) is 21.3. The number of nitrogens with zero attached hydrogens (tertiary/aromatic N) is 6. The standard InChI is InChI=1S/C51H63N9O6/c1-5-58(42-15-24-66-25-16-42)46-29-38(28-44(35(46)4)48(62)52-30-45-33(2)26-34(3)53-49(45)63)37-7-9-40(10-8-37)56-20-22-57(23-21-56)41-12-17-55(18-13-41)31-36-6-11-43-39(27-36)32-60(50(43)64)59-19-14-47(61)54-51(59)65/h6-11,26-29,41-42H,5,12-25,30-32H2,1-4H3,(H,52,62)(H,53,63)(H,54,61,65). The van der Waals surface area contributed by atoms with Crippen LogP contribution in [0.1, 0.15) is 93.3 Å². The summed E-state index contributed by atoms with van der Waals surface area (Å²) in [5, 5.41) is 8.18. The summed E-state index contributed by atoms with van der Waals surface area (Å²) in [5.41, 5.74) is 10.6. The third kappa shape index (κ3) is 9.47. The van der Waals surface area contributed by atoms with Crippen LogP contribution in [0.15, 0.2) is 65.5 Å². The first-order valence-electron chi connectivity index (χ1n) is 23.8. The van der Waals surface area contributed by atoms with E-state index in [0.717, 1.165) is 136 Å². The third-order valence-corrected chi connectivity index (χ3v) is 14.5. The van der Waals surface area contributed by atoms with Gasteiger partial charge < -0.3 is 24.8 Å². The molecular formula is C51H63N9O6. The zero-order chi connectivity index (χ0) is 46.1. The predicted octanol–water partition coefficient (Wildman–Crippen LogP) is 5.50. The van der Waals surface area contributed by atoms with E-state index in [0.29, 0.717) is 35.3 Å². The number of aromatic amines is 1. The zero-order valence-electron chi connectivity index (χ0n) is 38.8. The number of ether oxygens (including phenoxy) is 1. The number of aromatic nitrogens is 1. The molecule has 5 aliphatic rings. The van der Waals surface area contributed by atoms with Gasteiger partial charge >= 0.3 is 6.03 Å². The molecule has 0 bridgehead atoms. The highest BCUT2D eigenvalue weighted by atomic mass is 16.5. The van der Waals surface area contributed by atoms with Crippen molar-refractivity contribution < 1.29 is 23.9 Å². The fourth-order valence-electron chi connectivity index (χ4n) is 10.7. The fraction of sp³-hybridized carbons (Fsp3) is 0.471. The lowest BCUT2D eigenvalue weighted by molar-refractivity contribution is -0.123. The molecule has 0 saturated carbocycles. The lowest BCUT2D eigenvalue weighted by Crippen LogP contribution is -2.56. The van der Waals surface area contributed by atoms with E-state index >= 15 is 0 Å². The first-order valence-corrected chi connectivity index (χ1v) is 23.8. The van der Waals surface area contributed by atoms with Gasteiger partial charge in [0, 0.05) is 111 Å². The van der Waals surface area contributed by atoms with Gasteiger partial charge in [-0.25, -0.2) is 14.8 Å². The number of imide groups is 1. The number of urea groups is 1. The number of carbonyl (C=O) groups is 4. The topological polar surface area (TPSA) is 154 Å². The Morgan fingerprint density at radius 3 is 2.26 bits per heavy atom. The monoisotopic (exact) mass is 897 g/mol. The van der Waals surface area contributed by atoms with Crippen LogP contribution in [0, 0.1) is 20.8 Å². The number of hydrogen-bond donors (Lipinski definition) is 3. The van der Waals surface area contributed by atoms with E-state index in [1.807, 2.05) is 45.0 Å². The van der Waals surface area contributed by atoms with Crippen LogP contribution in [0.2, 0.25) is 0 Å². The molecule has 0 atom stereocenters. The second-order valence-electron chi connectivity index (χ2n) is 18.6. The van der Waals surface area contributed by atoms with Gasteiger partial charge in [0.15, 0.2) is 0 Å². The Labute approximate surface area is 387 Å². The number of carbonyl (C=O) groups excluding carboxylic acids is 4. The second kappa shape index (κ2) is 19.4. The molecule has 4 fully saturated rings. The van der Waals surface area contributed by atoms with Crippen LogP contribution in [0.5, 0.6) is 0 Å². The van der Waals surface area contributed by atoms with Gasteiger partial charge in [-0.1, -0.05) is 24.3 Å². The van der Waals surface area contributed by atoms with Gasteiger partial charge in [-0.05, 0) is 136 Å². The molecule has 15 heteroatoms. The Hall–Kier alpha value is -6.03. The minimum absolute atomic E-state index is 0.147. The van der Waals surface area contributed by atoms with Crippen molar-refractivity contribution in [3.8, 4) is 11.1 Å². The number of piperidine rings is 1. The first kappa shape index (κ1) is 45.1. The molecule has 0 spiro atoms. The minimum atomic E-state index is -0.547. The van der Waals surface area contributed by atoms with Crippen LogP contribution < -0.4 is 26.0 Å². The number of H-pyrrole nitrogens is 1. The van der Waals surface area contributed by atoms with Gasteiger partial charge in [0.05, 0.1) is 13.1 Å². The third-order valence-electron chi connectivity index (χ3n) is 14.5. The number of piperazine rings is 1. The van der Waals surface area contributed by atoms with Crippen LogP contribution in [-0.4, -0.2) is 126 Å². The highest BCUT2D eigenvalue weighted by Gasteiger charge is 2.37. The summed E-state index contributed by atoms with van der Waals surface area (Å²) >= 11 is 0.